The van der Waals surface area contributed by atoms with E-state index in [-0.39, 0.29) is 87.1 Å². The van der Waals surface area contributed by atoms with Crippen LogP contribution in [0.5, 0.6) is 0 Å². The quantitative estimate of drug-likeness (QED) is 0.0324. The summed E-state index contributed by atoms with van der Waals surface area (Å²) in [6.07, 6.45) is 11.3. The lowest BCUT2D eigenvalue weighted by atomic mass is 9.78. The number of Topliss-reactive ketones (excluding diaryl/α,β-unsaturated/α-hetero) is 1. The van der Waals surface area contributed by atoms with Crippen molar-refractivity contribution < 1.29 is 66.5 Å². The van der Waals surface area contributed by atoms with E-state index in [2.05, 4.69) is 123 Å². The number of amides is 1. The molecule has 0 radical (unpaired) electrons. The summed E-state index contributed by atoms with van der Waals surface area (Å²) in [5.41, 5.74) is -0.0118. The van der Waals surface area contributed by atoms with Crippen molar-refractivity contribution in [2.75, 3.05) is 19.8 Å². The summed E-state index contributed by atoms with van der Waals surface area (Å²) >= 11 is 2.53. The molecular formula is C61H100INO14Si2. The fraction of sp³-hybridized carbons (Fsp3) is 0.852. The molecule has 8 aliphatic heterocycles. The summed E-state index contributed by atoms with van der Waals surface area (Å²) in [4.78, 5) is 41.6. The number of allylic oxidation sites excluding steroid dienone is 1. The van der Waals surface area contributed by atoms with Crippen LogP contribution < -0.4 is 0 Å². The number of nitrogens with zero attached hydrogens (tertiary/aromatic N) is 1. The molecule has 18 heteroatoms. The molecule has 7 fully saturated rings. The van der Waals surface area contributed by atoms with Gasteiger partial charge in [0.1, 0.15) is 12.2 Å². The maximum absolute atomic E-state index is 14.5. The van der Waals surface area contributed by atoms with Gasteiger partial charge in [0.2, 0.25) is 0 Å². The van der Waals surface area contributed by atoms with Crippen molar-refractivity contribution in [1.82, 2.24) is 4.90 Å². The van der Waals surface area contributed by atoms with Gasteiger partial charge in [-0.2, -0.15) is 0 Å². The van der Waals surface area contributed by atoms with E-state index in [1.165, 1.54) is 6.92 Å². The molecule has 0 saturated carbocycles. The van der Waals surface area contributed by atoms with E-state index in [0.29, 0.717) is 77.0 Å². The molecule has 20 atom stereocenters. The molecule has 0 aliphatic carbocycles. The van der Waals surface area contributed by atoms with Gasteiger partial charge in [0.15, 0.2) is 37.2 Å². The summed E-state index contributed by atoms with van der Waals surface area (Å²) in [5, 5.41) is 11.8. The number of esters is 1. The zero-order valence-electron chi connectivity index (χ0n) is 50.6. The Hall–Kier alpha value is -1.57. The van der Waals surface area contributed by atoms with Gasteiger partial charge in [-0.15, -0.1) is 0 Å². The Kier molecular flexibility index (Phi) is 19.6. The van der Waals surface area contributed by atoms with Crippen LogP contribution in [0.15, 0.2) is 36.5 Å². The minimum atomic E-state index is -2.43. The summed E-state index contributed by atoms with van der Waals surface area (Å²) in [6.45, 7) is 38.5. The predicted octanol–water partition coefficient (Wildman–Crippen LogP) is 12.2. The maximum Gasteiger partial charge on any atom is 0.412 e. The second kappa shape index (κ2) is 24.4. The van der Waals surface area contributed by atoms with Crippen molar-refractivity contribution in [3.63, 3.8) is 0 Å². The number of ether oxygens (including phenoxy) is 9. The third-order valence-electron chi connectivity index (χ3n) is 19.4. The Bertz CT molecular complexity index is 2250. The molecule has 8 aliphatic rings. The monoisotopic (exact) mass is 1250 g/mol. The Labute approximate surface area is 489 Å². The number of hydrogen-bond acceptors (Lipinski definition) is 14. The molecule has 0 aromatic heterocycles. The lowest BCUT2D eigenvalue weighted by Crippen LogP contribution is -2.64. The molecule has 1 N–H and O–H groups in total. The lowest BCUT2D eigenvalue weighted by molar-refractivity contribution is -0.365. The number of carbonyl (C=O) groups is 3. The van der Waals surface area contributed by atoms with Gasteiger partial charge in [-0.25, -0.2) is 4.79 Å². The van der Waals surface area contributed by atoms with Crippen molar-refractivity contribution in [2.45, 2.75) is 272 Å². The van der Waals surface area contributed by atoms with Crippen LogP contribution in [0.25, 0.3) is 0 Å². The molecular weight excluding hydrogens is 1150 g/mol. The number of aliphatic hydroxyl groups is 1. The summed E-state index contributed by atoms with van der Waals surface area (Å²) < 4.78 is 67.2. The zero-order valence-corrected chi connectivity index (χ0v) is 54.8. The van der Waals surface area contributed by atoms with Crippen LogP contribution in [0.2, 0.25) is 43.8 Å². The van der Waals surface area contributed by atoms with Gasteiger partial charge in [0.05, 0.1) is 59.9 Å². The first-order valence-electron chi connectivity index (χ1n) is 30.2. The Morgan fingerprint density at radius 2 is 1.62 bits per heavy atom. The number of fused-ring (bicyclic) bond motifs is 5. The first-order valence-corrected chi connectivity index (χ1v) is 38.0. The Morgan fingerprint density at radius 1 is 0.899 bits per heavy atom. The van der Waals surface area contributed by atoms with Gasteiger partial charge in [-0.3, -0.25) is 14.5 Å². The van der Waals surface area contributed by atoms with E-state index in [1.54, 1.807) is 0 Å². The Balaban J connectivity index is 0.922. The molecule has 0 aromatic rings. The van der Waals surface area contributed by atoms with Crippen LogP contribution >= 0.6 is 22.6 Å². The van der Waals surface area contributed by atoms with Crippen molar-refractivity contribution >= 4 is 56.8 Å². The highest BCUT2D eigenvalue weighted by Gasteiger charge is 2.67. The number of ketones is 1. The normalized spacial score (nSPS) is 39.9. The van der Waals surface area contributed by atoms with Crippen molar-refractivity contribution in [2.24, 2.45) is 35.5 Å². The predicted molar refractivity (Wildman–Crippen MR) is 317 cm³/mol. The van der Waals surface area contributed by atoms with Crippen LogP contribution in [-0.2, 0) is 56.6 Å². The molecule has 8 heterocycles. The van der Waals surface area contributed by atoms with Gasteiger partial charge < -0.3 is 52.2 Å². The SMILES string of the molecule is C=C(C[C@]12O[C@H](C[C@H](C)[C@@H]1I)[C@H]1O[C@@]3(C[C@H]1O2)[C@@H](C)C[C@@H](C)CN3C(=O)OCC[Si](C)(C)C)[C@@H](O[Si](C)(C)C(C)(C)C)[C@@H](C)C[C@@H](C)C(=O)[C@H](O)[C@@H]1C[C@H]2O[C@@]3(CC[C@]4(CC=C[C@@H](/C=C/CCCOC(C)=O)O4)O3)[C@H](C)C[C@H]2O1. The molecule has 1 amide bonds. The molecule has 79 heavy (non-hydrogen) atoms. The van der Waals surface area contributed by atoms with E-state index in [1.807, 2.05) is 24.0 Å². The molecule has 0 unspecified atom stereocenters. The average Bonchev–Trinajstić information content (AvgIpc) is 3.95. The smallest absolute Gasteiger partial charge is 0.412 e. The van der Waals surface area contributed by atoms with Gasteiger partial charge in [0.25, 0.3) is 0 Å². The second-order valence-electron chi connectivity index (χ2n) is 28.4. The van der Waals surface area contributed by atoms with Crippen LogP contribution in [0.3, 0.4) is 0 Å². The molecule has 0 aromatic carbocycles. The highest BCUT2D eigenvalue weighted by molar-refractivity contribution is 14.1. The van der Waals surface area contributed by atoms with E-state index >= 15 is 0 Å². The molecule has 2 bridgehead atoms. The number of unbranched alkanes of at least 4 members (excludes halogenated alkanes) is 1. The van der Waals surface area contributed by atoms with E-state index in [4.69, 9.17) is 53.6 Å². The number of halogens is 1. The molecule has 7 saturated heterocycles. The minimum Gasteiger partial charge on any atom is -0.466 e. The molecule has 3 spiro atoms. The standard InChI is InChI=1S/C61H100INO14Si2/c1-37-29-42(6)59(63(36-37)56(67)69-27-28-78(12,13)14)35-50-54(75-59)49-31-40(4)55(62)61(73-49,74-50)34-41(5)53(76-79(15,16)57(9,10)11)39(3)30-38(2)51(65)52(66)48-33-47-46(70-48)32-43(7)60(72-47)25-24-58(77-60)23-20-22-45(71-58)21-18-17-19-26-68-44(8)64/h18,20-22,37-40,42-43,45-50,52-55,66H,5,17,19,23-36H2,1-4,6-16H3/b21-18+/t37-,38-,39+,40+,42+,43-,45-,46-,47-,48+,49-,50-,52-,53+,54-,55+,58+,59+,60-,61-/m1/s1. The minimum absolute atomic E-state index is 0.0103. The van der Waals surface area contributed by atoms with Crippen molar-refractivity contribution in [1.29, 1.82) is 0 Å². The first kappa shape index (κ1) is 63.5. The molecule has 15 nitrogen and oxygen atoms in total. The number of carbonyl (C=O) groups excluding carboxylic acids is 3. The van der Waals surface area contributed by atoms with Crippen molar-refractivity contribution in [3.05, 3.63) is 36.5 Å². The lowest BCUT2D eigenvalue weighted by Gasteiger charge is -2.55. The number of piperidine rings is 1. The highest BCUT2D eigenvalue weighted by atomic mass is 127. The molecule has 8 rings (SSSR count). The Morgan fingerprint density at radius 3 is 2.32 bits per heavy atom. The van der Waals surface area contributed by atoms with Crippen LogP contribution in [-0.4, -0.2) is 146 Å². The van der Waals surface area contributed by atoms with Gasteiger partial charge in [-0.05, 0) is 86.0 Å². The zero-order chi connectivity index (χ0) is 57.8. The average molecular weight is 1250 g/mol. The van der Waals surface area contributed by atoms with Crippen LogP contribution in [0.1, 0.15) is 146 Å². The topological polar surface area (TPSA) is 167 Å². The van der Waals surface area contributed by atoms with Crippen LogP contribution in [0.4, 0.5) is 4.79 Å². The number of likely N-dealkylation sites (tertiary alicyclic amines) is 1. The van der Waals surface area contributed by atoms with E-state index < -0.39 is 63.7 Å². The first-order chi connectivity index (χ1) is 36.8. The largest absolute Gasteiger partial charge is 0.466 e. The van der Waals surface area contributed by atoms with Gasteiger partial charge >= 0.3 is 12.1 Å². The maximum atomic E-state index is 14.5. The molecule has 448 valence electrons. The van der Waals surface area contributed by atoms with Gasteiger partial charge in [0, 0.05) is 77.8 Å². The summed E-state index contributed by atoms with van der Waals surface area (Å²) in [6, 6.07) is 0.900. The fourth-order valence-corrected chi connectivity index (χ4v) is 16.8. The highest BCUT2D eigenvalue weighted by Crippen LogP contribution is 2.57. The fourth-order valence-electron chi connectivity index (χ4n) is 13.9. The number of hydrogen-bond donors (Lipinski definition) is 1. The summed E-state index contributed by atoms with van der Waals surface area (Å²) in [7, 11) is -3.86. The van der Waals surface area contributed by atoms with E-state index in [9.17, 15) is 19.5 Å². The third kappa shape index (κ3) is 13.8. The number of alkyl halides is 1. The van der Waals surface area contributed by atoms with Gasteiger partial charge in [-0.1, -0.05) is 135 Å². The van der Waals surface area contributed by atoms with E-state index in [0.717, 1.165) is 37.3 Å². The second-order valence-corrected chi connectivity index (χ2v) is 40.2. The number of rotatable bonds is 19. The number of aliphatic hydroxyl groups excluding tert-OH is 1. The van der Waals surface area contributed by atoms with Crippen molar-refractivity contribution in [3.8, 4) is 0 Å². The van der Waals surface area contributed by atoms with Crippen LogP contribution in [0, 0.1) is 35.5 Å². The summed E-state index contributed by atoms with van der Waals surface area (Å²) in [5.74, 6) is -3.32. The third-order valence-corrected chi connectivity index (χ3v) is 27.8.